The van der Waals surface area contributed by atoms with Gasteiger partial charge in [-0.05, 0) is 30.5 Å². The van der Waals surface area contributed by atoms with Crippen molar-refractivity contribution in [1.29, 1.82) is 0 Å². The molecule has 2 N–H and O–H groups in total. The van der Waals surface area contributed by atoms with E-state index in [-0.39, 0.29) is 17.3 Å². The van der Waals surface area contributed by atoms with Crippen molar-refractivity contribution < 1.29 is 14.8 Å². The number of benzene rings is 2. The van der Waals surface area contributed by atoms with E-state index in [0.717, 1.165) is 18.4 Å². The van der Waals surface area contributed by atoms with E-state index in [4.69, 9.17) is 0 Å². The highest BCUT2D eigenvalue weighted by molar-refractivity contribution is 6.15. The number of rotatable bonds is 2. The third-order valence-corrected chi connectivity index (χ3v) is 4.55. The fourth-order valence-electron chi connectivity index (χ4n) is 3.38. The van der Waals surface area contributed by atoms with E-state index in [2.05, 4.69) is 4.98 Å². The van der Waals surface area contributed by atoms with Crippen LogP contribution in [-0.2, 0) is 6.42 Å². The minimum absolute atomic E-state index is 0.0330. The molecule has 0 fully saturated rings. The maximum absolute atomic E-state index is 13.1. The predicted octanol–water partition coefficient (Wildman–Crippen LogP) is 3.37. The lowest BCUT2D eigenvalue weighted by atomic mass is 10.00. The molecule has 0 saturated heterocycles. The lowest BCUT2D eigenvalue weighted by molar-refractivity contribution is -0.384. The van der Waals surface area contributed by atoms with Crippen molar-refractivity contribution in [3.8, 4) is 5.75 Å². The summed E-state index contributed by atoms with van der Waals surface area (Å²) in [6.07, 6.45) is 3.19. The van der Waals surface area contributed by atoms with Crippen molar-refractivity contribution in [2.75, 3.05) is 11.4 Å². The number of hydrogen-bond acceptors (Lipinski definition) is 4. The van der Waals surface area contributed by atoms with Crippen LogP contribution in [0.1, 0.15) is 22.3 Å². The maximum Gasteiger partial charge on any atom is 0.271 e. The summed E-state index contributed by atoms with van der Waals surface area (Å²) in [7, 11) is 0. The van der Waals surface area contributed by atoms with Crippen LogP contribution in [0.4, 0.5) is 11.4 Å². The van der Waals surface area contributed by atoms with Gasteiger partial charge in [0.05, 0.1) is 21.7 Å². The van der Waals surface area contributed by atoms with Crippen molar-refractivity contribution >= 4 is 28.2 Å². The van der Waals surface area contributed by atoms with Gasteiger partial charge in [-0.3, -0.25) is 14.9 Å². The van der Waals surface area contributed by atoms with Gasteiger partial charge in [0, 0.05) is 30.3 Å². The van der Waals surface area contributed by atoms with Crippen LogP contribution in [0.3, 0.4) is 0 Å². The van der Waals surface area contributed by atoms with Crippen LogP contribution in [0.25, 0.3) is 10.9 Å². The SMILES string of the molecule is O=C(c1c[nH]c2cc([N+](=O)[O-])ccc12)N1CCCc2cccc(O)c21. The molecule has 1 aliphatic rings. The molecule has 0 radical (unpaired) electrons. The number of H-pyrrole nitrogens is 1. The first-order valence-corrected chi connectivity index (χ1v) is 7.94. The summed E-state index contributed by atoms with van der Waals surface area (Å²) in [6.45, 7) is 0.517. The number of carbonyl (C=O) groups excluding carboxylic acids is 1. The molecule has 7 nitrogen and oxygen atoms in total. The summed E-state index contributed by atoms with van der Waals surface area (Å²) in [5.41, 5.74) is 2.42. The first kappa shape index (κ1) is 15.2. The van der Waals surface area contributed by atoms with E-state index in [1.807, 2.05) is 6.07 Å². The number of hydrogen-bond donors (Lipinski definition) is 2. The monoisotopic (exact) mass is 337 g/mol. The number of carbonyl (C=O) groups is 1. The van der Waals surface area contributed by atoms with Crippen LogP contribution in [0.5, 0.6) is 5.75 Å². The molecule has 3 aromatic rings. The molecule has 0 spiro atoms. The summed E-state index contributed by atoms with van der Waals surface area (Å²) in [5.74, 6) is -0.149. The van der Waals surface area contributed by atoms with E-state index in [1.165, 1.54) is 12.1 Å². The van der Waals surface area contributed by atoms with E-state index in [0.29, 0.717) is 28.7 Å². The molecule has 126 valence electrons. The van der Waals surface area contributed by atoms with Crippen LogP contribution in [0.2, 0.25) is 0 Å². The minimum atomic E-state index is -0.472. The molecule has 2 aromatic carbocycles. The number of nitrogens with one attached hydrogen (secondary N) is 1. The normalized spacial score (nSPS) is 13.7. The first-order chi connectivity index (χ1) is 12.1. The highest BCUT2D eigenvalue weighted by atomic mass is 16.6. The third kappa shape index (κ3) is 2.40. The number of aromatic amines is 1. The Morgan fingerprint density at radius 2 is 2.12 bits per heavy atom. The molecule has 0 unspecified atom stereocenters. The minimum Gasteiger partial charge on any atom is -0.506 e. The van der Waals surface area contributed by atoms with Gasteiger partial charge in [-0.25, -0.2) is 0 Å². The number of nitrogens with zero attached hydrogens (tertiary/aromatic N) is 2. The second kappa shape index (κ2) is 5.62. The third-order valence-electron chi connectivity index (χ3n) is 4.55. The standard InChI is InChI=1S/C18H15N3O4/c22-16-5-1-3-11-4-2-8-20(17(11)16)18(23)14-10-19-15-9-12(21(24)25)6-7-13(14)15/h1,3,5-7,9-10,19,22H,2,4,8H2. The molecular formula is C18H15N3O4. The van der Waals surface area contributed by atoms with E-state index >= 15 is 0 Å². The van der Waals surface area contributed by atoms with Crippen molar-refractivity contribution in [3.05, 3.63) is 63.8 Å². The molecule has 1 aliphatic heterocycles. The highest BCUT2D eigenvalue weighted by Crippen LogP contribution is 2.37. The van der Waals surface area contributed by atoms with Gasteiger partial charge in [-0.2, -0.15) is 0 Å². The summed E-state index contributed by atoms with van der Waals surface area (Å²) in [6, 6.07) is 9.62. The zero-order chi connectivity index (χ0) is 17.6. The van der Waals surface area contributed by atoms with E-state index in [9.17, 15) is 20.0 Å². The first-order valence-electron chi connectivity index (χ1n) is 7.94. The van der Waals surface area contributed by atoms with Gasteiger partial charge in [0.15, 0.2) is 0 Å². The van der Waals surface area contributed by atoms with Crippen LogP contribution < -0.4 is 4.90 Å². The van der Waals surface area contributed by atoms with Crippen LogP contribution >= 0.6 is 0 Å². The topological polar surface area (TPSA) is 99.5 Å². The van der Waals surface area contributed by atoms with Gasteiger partial charge in [0.25, 0.3) is 11.6 Å². The van der Waals surface area contributed by atoms with Crippen LogP contribution in [0, 0.1) is 10.1 Å². The van der Waals surface area contributed by atoms with Crippen molar-refractivity contribution in [2.24, 2.45) is 0 Å². The van der Waals surface area contributed by atoms with Gasteiger partial charge >= 0.3 is 0 Å². The smallest absolute Gasteiger partial charge is 0.271 e. The Balaban J connectivity index is 1.78. The number of amides is 1. The fourth-order valence-corrected chi connectivity index (χ4v) is 3.38. The van der Waals surface area contributed by atoms with Crippen molar-refractivity contribution in [1.82, 2.24) is 4.98 Å². The number of phenols is 1. The predicted molar refractivity (Wildman–Crippen MR) is 93.1 cm³/mol. The highest BCUT2D eigenvalue weighted by Gasteiger charge is 2.28. The molecule has 0 bridgehead atoms. The van der Waals surface area contributed by atoms with Gasteiger partial charge < -0.3 is 15.0 Å². The Kier molecular flexibility index (Phi) is 3.42. The second-order valence-corrected chi connectivity index (χ2v) is 6.03. The molecular weight excluding hydrogens is 322 g/mol. The quantitative estimate of drug-likeness (QED) is 0.553. The van der Waals surface area contributed by atoms with Gasteiger partial charge in [0.1, 0.15) is 5.75 Å². The molecule has 2 heterocycles. The summed E-state index contributed by atoms with van der Waals surface area (Å²) in [5, 5.41) is 21.7. The summed E-state index contributed by atoms with van der Waals surface area (Å²) < 4.78 is 0. The molecule has 4 rings (SSSR count). The number of phenolic OH excluding ortho intramolecular Hbond substituents is 1. The number of nitro benzene ring substituents is 1. The Morgan fingerprint density at radius 1 is 1.28 bits per heavy atom. The lowest BCUT2D eigenvalue weighted by Gasteiger charge is -2.30. The fraction of sp³-hybridized carbons (Fsp3) is 0.167. The van der Waals surface area contributed by atoms with Gasteiger partial charge in [-0.1, -0.05) is 12.1 Å². The Hall–Kier alpha value is -3.35. The zero-order valence-electron chi connectivity index (χ0n) is 13.2. The Bertz CT molecular complexity index is 1010. The molecule has 0 atom stereocenters. The number of aromatic nitrogens is 1. The molecule has 1 amide bonds. The molecule has 1 aromatic heterocycles. The number of fused-ring (bicyclic) bond motifs is 2. The maximum atomic E-state index is 13.1. The number of para-hydroxylation sites is 1. The summed E-state index contributed by atoms with van der Waals surface area (Å²) >= 11 is 0. The van der Waals surface area contributed by atoms with Crippen molar-refractivity contribution in [3.63, 3.8) is 0 Å². The van der Waals surface area contributed by atoms with Gasteiger partial charge in [0.2, 0.25) is 0 Å². The molecule has 7 heteroatoms. The average molecular weight is 337 g/mol. The summed E-state index contributed by atoms with van der Waals surface area (Å²) in [4.78, 5) is 28.0. The number of anilines is 1. The largest absolute Gasteiger partial charge is 0.506 e. The molecule has 25 heavy (non-hydrogen) atoms. The number of aryl methyl sites for hydroxylation is 1. The Labute approximate surface area is 142 Å². The van der Waals surface area contributed by atoms with E-state index < -0.39 is 4.92 Å². The molecule has 0 aliphatic carbocycles. The Morgan fingerprint density at radius 3 is 2.92 bits per heavy atom. The number of nitro groups is 1. The van der Waals surface area contributed by atoms with E-state index in [1.54, 1.807) is 29.3 Å². The van der Waals surface area contributed by atoms with Crippen LogP contribution in [-0.4, -0.2) is 27.5 Å². The van der Waals surface area contributed by atoms with Crippen LogP contribution in [0.15, 0.2) is 42.6 Å². The zero-order valence-corrected chi connectivity index (χ0v) is 13.2. The average Bonchev–Trinajstić information content (AvgIpc) is 3.04. The van der Waals surface area contributed by atoms with Crippen molar-refractivity contribution in [2.45, 2.75) is 12.8 Å². The number of aromatic hydroxyl groups is 1. The van der Waals surface area contributed by atoms with Gasteiger partial charge in [-0.15, -0.1) is 0 Å². The second-order valence-electron chi connectivity index (χ2n) is 6.03. The molecule has 0 saturated carbocycles. The number of non-ortho nitro benzene ring substituents is 1. The lowest BCUT2D eigenvalue weighted by Crippen LogP contribution is -2.35.